The van der Waals surface area contributed by atoms with Crippen LogP contribution in [0.4, 0.5) is 0 Å². The van der Waals surface area contributed by atoms with Gasteiger partial charge in [0.15, 0.2) is 24.1 Å². The van der Waals surface area contributed by atoms with Crippen molar-refractivity contribution in [1.29, 1.82) is 0 Å². The Morgan fingerprint density at radius 1 is 0.833 bits per heavy atom. The van der Waals surface area contributed by atoms with Crippen molar-refractivity contribution in [2.45, 2.75) is 94.3 Å². The van der Waals surface area contributed by atoms with Gasteiger partial charge in [-0.3, -0.25) is 19.2 Å². The minimum atomic E-state index is -1.89. The van der Waals surface area contributed by atoms with Gasteiger partial charge in [0.2, 0.25) is 0 Å². The lowest BCUT2D eigenvalue weighted by Crippen LogP contribution is -2.65. The average molecular weight is 841 g/mol. The lowest BCUT2D eigenvalue weighted by Gasteiger charge is -2.47. The molecular formula is C40H44N2O18. The molecule has 2 fully saturated rings. The third-order valence-electron chi connectivity index (χ3n) is 11.4. The molecule has 0 unspecified atom stereocenters. The molecule has 11 N–H and O–H groups in total. The van der Waals surface area contributed by atoms with Crippen molar-refractivity contribution >= 4 is 23.4 Å². The lowest BCUT2D eigenvalue weighted by molar-refractivity contribution is -0.339. The third-order valence-corrected chi connectivity index (χ3v) is 11.4. The van der Waals surface area contributed by atoms with Gasteiger partial charge >= 0.3 is 5.97 Å². The maximum Gasteiger partial charge on any atom is 0.325 e. The summed E-state index contributed by atoms with van der Waals surface area (Å²) in [5.41, 5.74) is -3.36. The average Bonchev–Trinajstić information content (AvgIpc) is 3.19. The Hall–Kier alpha value is -5.26. The summed E-state index contributed by atoms with van der Waals surface area (Å²) in [6.07, 6.45) is -15.5. The van der Waals surface area contributed by atoms with E-state index in [-0.39, 0.29) is 33.6 Å². The number of carboxylic acid groups (broad SMARTS) is 1. The second-order valence-corrected chi connectivity index (χ2v) is 15.1. The Morgan fingerprint density at radius 3 is 2.13 bits per heavy atom. The topological polar surface area (TPSA) is 321 Å². The van der Waals surface area contributed by atoms with Crippen molar-refractivity contribution in [2.24, 2.45) is 0 Å². The van der Waals surface area contributed by atoms with Crippen LogP contribution in [0.25, 0.3) is 11.1 Å². The SMILES string of the molecule is CN[C@@H]1[C@H](O[C@@H]2OC[C@H](O)[C@H](O)[C@H]2O)[C@@H](O)[C@H](O[C@H]2c3cc(C)c(C(=O)N[C@H](C)C(=O)O)c(O)c3-c3c(cc4c(c3O)C(=O)c3cc(OC)cc(O)c3C4=O)[C@@H]2O)O[C@@H]1C. The minimum Gasteiger partial charge on any atom is -0.507 e. The Kier molecular flexibility index (Phi) is 11.4. The maximum absolute atomic E-state index is 14.1. The quantitative estimate of drug-likeness (QED) is 0.100. The van der Waals surface area contributed by atoms with E-state index in [0.29, 0.717) is 0 Å². The van der Waals surface area contributed by atoms with Crippen LogP contribution in [-0.2, 0) is 23.7 Å². The van der Waals surface area contributed by atoms with Gasteiger partial charge in [0.1, 0.15) is 71.8 Å². The molecule has 60 heavy (non-hydrogen) atoms. The fourth-order valence-electron chi connectivity index (χ4n) is 8.30. The number of aryl methyl sites for hydroxylation is 1. The first-order valence-electron chi connectivity index (χ1n) is 18.8. The van der Waals surface area contributed by atoms with Crippen molar-refractivity contribution in [3.8, 4) is 34.1 Å². The van der Waals surface area contributed by atoms with Gasteiger partial charge in [0.25, 0.3) is 5.91 Å². The van der Waals surface area contributed by atoms with Crippen molar-refractivity contribution in [3.63, 3.8) is 0 Å². The number of phenols is 3. The van der Waals surface area contributed by atoms with E-state index >= 15 is 0 Å². The summed E-state index contributed by atoms with van der Waals surface area (Å²) in [6, 6.07) is 2.44. The van der Waals surface area contributed by atoms with Crippen molar-refractivity contribution in [1.82, 2.24) is 10.6 Å². The highest BCUT2D eigenvalue weighted by atomic mass is 16.7. The number of carbonyl (C=O) groups is 4. The van der Waals surface area contributed by atoms with Crippen LogP contribution < -0.4 is 15.4 Å². The molecule has 12 atom stereocenters. The van der Waals surface area contributed by atoms with Gasteiger partial charge in [0, 0.05) is 28.3 Å². The van der Waals surface area contributed by atoms with Crippen LogP contribution >= 0.6 is 0 Å². The van der Waals surface area contributed by atoms with E-state index in [0.717, 1.165) is 12.1 Å². The summed E-state index contributed by atoms with van der Waals surface area (Å²) >= 11 is 0. The number of fused-ring (bicyclic) bond motifs is 5. The fraction of sp³-hybridized carbons (Fsp3) is 0.450. The largest absolute Gasteiger partial charge is 0.507 e. The fourth-order valence-corrected chi connectivity index (χ4v) is 8.30. The zero-order valence-corrected chi connectivity index (χ0v) is 32.6. The van der Waals surface area contributed by atoms with Gasteiger partial charge in [0.05, 0.1) is 42.6 Å². The summed E-state index contributed by atoms with van der Waals surface area (Å²) in [6.45, 7) is 3.76. The first kappa shape index (κ1) is 42.8. The number of nitrogens with one attached hydrogen (secondary N) is 2. The number of hydrogen-bond acceptors (Lipinski definition) is 18. The number of aromatic hydroxyl groups is 3. The summed E-state index contributed by atoms with van der Waals surface area (Å²) in [5, 5.41) is 104. The summed E-state index contributed by atoms with van der Waals surface area (Å²) in [5.74, 6) is -6.63. The molecular weight excluding hydrogens is 796 g/mol. The highest BCUT2D eigenvalue weighted by Gasteiger charge is 2.51. The molecule has 1 amide bonds. The number of aliphatic hydroxyl groups excluding tert-OH is 5. The molecule has 2 saturated heterocycles. The Balaban J connectivity index is 1.37. The van der Waals surface area contributed by atoms with Crippen LogP contribution in [0, 0.1) is 6.92 Å². The molecule has 3 aromatic rings. The Morgan fingerprint density at radius 2 is 1.48 bits per heavy atom. The molecule has 322 valence electrons. The number of hydrogen-bond donors (Lipinski definition) is 11. The van der Waals surface area contributed by atoms with E-state index in [1.807, 2.05) is 0 Å². The maximum atomic E-state index is 14.1. The lowest BCUT2D eigenvalue weighted by atomic mass is 9.74. The smallest absolute Gasteiger partial charge is 0.325 e. The van der Waals surface area contributed by atoms with E-state index in [1.165, 1.54) is 40.1 Å². The number of carbonyl (C=O) groups excluding carboxylic acids is 3. The number of phenolic OH excluding ortho intramolecular Hbond substituents is 3. The Labute approximate surface area is 340 Å². The normalized spacial score (nSPS) is 30.1. The molecule has 0 aromatic heterocycles. The second kappa shape index (κ2) is 16.0. The number of methoxy groups -OCH3 is 1. The third kappa shape index (κ3) is 6.83. The van der Waals surface area contributed by atoms with Gasteiger partial charge in [-0.05, 0) is 56.6 Å². The molecule has 4 aliphatic rings. The molecule has 0 radical (unpaired) electrons. The predicted molar refractivity (Wildman–Crippen MR) is 201 cm³/mol. The number of aliphatic hydroxyl groups is 5. The van der Waals surface area contributed by atoms with Crippen LogP contribution in [-0.4, -0.2) is 151 Å². The number of likely N-dealkylation sites (N-methyl/N-ethyl adjacent to an activating group) is 1. The van der Waals surface area contributed by atoms with Gasteiger partial charge < -0.3 is 80.3 Å². The van der Waals surface area contributed by atoms with Crippen LogP contribution in [0.2, 0.25) is 0 Å². The molecule has 20 nitrogen and oxygen atoms in total. The van der Waals surface area contributed by atoms with E-state index in [1.54, 1.807) is 6.92 Å². The first-order valence-corrected chi connectivity index (χ1v) is 18.8. The van der Waals surface area contributed by atoms with Crippen LogP contribution in [0.3, 0.4) is 0 Å². The molecule has 3 aromatic carbocycles. The number of benzene rings is 3. The highest BCUT2D eigenvalue weighted by Crippen LogP contribution is 2.57. The van der Waals surface area contributed by atoms with Gasteiger partial charge in [-0.15, -0.1) is 0 Å². The summed E-state index contributed by atoms with van der Waals surface area (Å²) < 4.78 is 28.9. The van der Waals surface area contributed by atoms with Crippen LogP contribution in [0.5, 0.6) is 23.0 Å². The standard InChI is InChI=1S/C40H44N2O18/c1-11-6-18-24(31(49)21(11)37(53)42-12(2)38(54)55)23-16(9-17-25(32(23)50)28(46)15-7-14(56-5)8-19(43)22(15)27(17)45)29(47)35(18)59-40-34(52)36(26(41-4)13(3)58-40)60-39-33(51)30(48)20(44)10-57-39/h6-9,12-13,20,26,29-30,33-36,39-41,43-44,47-52H,10H2,1-5H3,(H,42,53)(H,54,55)/t12-,13-,20+,26+,29+,30+,33-,34-,35+,36+,39+,40+/m1/s1. The number of amides is 1. The zero-order valence-electron chi connectivity index (χ0n) is 32.6. The Bertz CT molecular complexity index is 2280. The van der Waals surface area contributed by atoms with Crippen LogP contribution in [0.1, 0.15) is 84.9 Å². The second-order valence-electron chi connectivity index (χ2n) is 15.1. The zero-order chi connectivity index (χ0) is 43.8. The number of carboxylic acids is 1. The van der Waals surface area contributed by atoms with Crippen molar-refractivity contribution in [2.75, 3.05) is 20.8 Å². The first-order chi connectivity index (χ1) is 28.3. The van der Waals surface area contributed by atoms with Gasteiger partial charge in [-0.1, -0.05) is 6.07 Å². The molecule has 2 aliphatic heterocycles. The van der Waals surface area contributed by atoms with Gasteiger partial charge in [-0.2, -0.15) is 0 Å². The summed E-state index contributed by atoms with van der Waals surface area (Å²) in [7, 11) is 2.80. The van der Waals surface area contributed by atoms with Crippen LogP contribution in [0.15, 0.2) is 24.3 Å². The predicted octanol–water partition coefficient (Wildman–Crippen LogP) is -0.612. The molecule has 7 rings (SSSR count). The summed E-state index contributed by atoms with van der Waals surface area (Å²) in [4.78, 5) is 53.3. The van der Waals surface area contributed by atoms with Crippen molar-refractivity contribution in [3.05, 3.63) is 68.8 Å². The van der Waals surface area contributed by atoms with E-state index < -0.39 is 149 Å². The minimum absolute atomic E-state index is 0.0161. The molecule has 20 heteroatoms. The molecule has 0 bridgehead atoms. The molecule has 0 saturated carbocycles. The van der Waals surface area contributed by atoms with E-state index in [2.05, 4.69) is 10.6 Å². The number of rotatable bonds is 9. The van der Waals surface area contributed by atoms with Crippen molar-refractivity contribution < 1.29 is 88.8 Å². The molecule has 2 heterocycles. The van der Waals surface area contributed by atoms with Gasteiger partial charge in [-0.25, -0.2) is 0 Å². The molecule has 2 aliphatic carbocycles. The van der Waals surface area contributed by atoms with E-state index in [4.69, 9.17) is 23.7 Å². The van der Waals surface area contributed by atoms with E-state index in [9.17, 15) is 65.1 Å². The number of ether oxygens (including phenoxy) is 5. The monoisotopic (exact) mass is 840 g/mol. The highest BCUT2D eigenvalue weighted by molar-refractivity contribution is 6.31. The number of ketones is 2. The number of aliphatic carboxylic acids is 1. The molecule has 0 spiro atoms.